The third-order valence-corrected chi connectivity index (χ3v) is 3.87. The van der Waals surface area contributed by atoms with Crippen LogP contribution in [-0.4, -0.2) is 32.2 Å². The van der Waals surface area contributed by atoms with Crippen LogP contribution in [0.4, 0.5) is 0 Å². The predicted octanol–water partition coefficient (Wildman–Crippen LogP) is 3.20. The summed E-state index contributed by atoms with van der Waals surface area (Å²) in [6.45, 7) is 4.65. The van der Waals surface area contributed by atoms with Gasteiger partial charge in [-0.25, -0.2) is 14.5 Å². The van der Waals surface area contributed by atoms with Gasteiger partial charge < -0.3 is 10.5 Å². The van der Waals surface area contributed by atoms with Crippen molar-refractivity contribution < 1.29 is 4.74 Å². The van der Waals surface area contributed by atoms with Crippen molar-refractivity contribution in [3.05, 3.63) is 41.8 Å². The Labute approximate surface area is 145 Å². The molecule has 3 aromatic rings. The first-order chi connectivity index (χ1) is 11.5. The van der Waals surface area contributed by atoms with Gasteiger partial charge >= 0.3 is 0 Å². The zero-order chi connectivity index (χ0) is 17.1. The van der Waals surface area contributed by atoms with E-state index in [1.807, 2.05) is 18.2 Å². The van der Waals surface area contributed by atoms with E-state index in [1.54, 1.807) is 23.1 Å². The molecule has 3 aromatic heterocycles. The largest absolute Gasteiger partial charge is 0.475 e. The molecule has 0 saturated carbocycles. The van der Waals surface area contributed by atoms with Crippen molar-refractivity contribution in [1.29, 1.82) is 0 Å². The number of rotatable bonds is 6. The van der Waals surface area contributed by atoms with E-state index in [9.17, 15) is 0 Å². The van der Waals surface area contributed by atoms with Gasteiger partial charge in [-0.1, -0.05) is 25.4 Å². The molecule has 0 spiro atoms. The van der Waals surface area contributed by atoms with Gasteiger partial charge in [0.05, 0.1) is 11.9 Å². The van der Waals surface area contributed by atoms with E-state index in [0.29, 0.717) is 23.4 Å². The van der Waals surface area contributed by atoms with Crippen LogP contribution in [0.5, 0.6) is 5.88 Å². The fraction of sp³-hybridized carbons (Fsp3) is 0.353. The number of nitrogens with zero attached hydrogens (tertiary/aromatic N) is 4. The number of hydrogen-bond acceptors (Lipinski definition) is 5. The second-order valence-corrected chi connectivity index (χ2v) is 6.55. The lowest BCUT2D eigenvalue weighted by Crippen LogP contribution is -2.29. The molecule has 1 unspecified atom stereocenters. The number of pyridine rings is 1. The summed E-state index contributed by atoms with van der Waals surface area (Å²) in [4.78, 5) is 8.57. The number of nitrogens with two attached hydrogens (primary N) is 1. The van der Waals surface area contributed by atoms with Crippen molar-refractivity contribution >= 4 is 17.2 Å². The number of halogens is 1. The highest BCUT2D eigenvalue weighted by Crippen LogP contribution is 2.28. The topological polar surface area (TPSA) is 78.3 Å². The number of aromatic nitrogens is 4. The van der Waals surface area contributed by atoms with Gasteiger partial charge in [0.1, 0.15) is 11.6 Å². The van der Waals surface area contributed by atoms with Gasteiger partial charge in [-0.05, 0) is 24.5 Å². The molecule has 0 amide bonds. The van der Waals surface area contributed by atoms with Gasteiger partial charge in [0.2, 0.25) is 5.88 Å². The predicted molar refractivity (Wildman–Crippen MR) is 94.2 cm³/mol. The molecular formula is C17H20ClN5O. The van der Waals surface area contributed by atoms with Crippen molar-refractivity contribution in [3.8, 4) is 17.1 Å². The summed E-state index contributed by atoms with van der Waals surface area (Å²) in [5.74, 6) is 0.919. The highest BCUT2D eigenvalue weighted by atomic mass is 35.5. The van der Waals surface area contributed by atoms with Crippen molar-refractivity contribution in [1.82, 2.24) is 19.6 Å². The highest BCUT2D eigenvalue weighted by molar-refractivity contribution is 6.32. The van der Waals surface area contributed by atoms with E-state index < -0.39 is 0 Å². The Balaban J connectivity index is 1.79. The summed E-state index contributed by atoms with van der Waals surface area (Å²) in [5.41, 5.74) is 8.50. The Kier molecular flexibility index (Phi) is 4.97. The molecule has 126 valence electrons. The van der Waals surface area contributed by atoms with Gasteiger partial charge in [-0.15, -0.1) is 0 Å². The summed E-state index contributed by atoms with van der Waals surface area (Å²) in [6, 6.07) is 5.48. The third kappa shape index (κ3) is 3.66. The number of fused-ring (bicyclic) bond motifs is 1. The van der Waals surface area contributed by atoms with Crippen LogP contribution in [-0.2, 0) is 0 Å². The maximum absolute atomic E-state index is 6.32. The molecule has 6 nitrogen and oxygen atoms in total. The van der Waals surface area contributed by atoms with Crippen LogP contribution in [0.15, 0.2) is 36.8 Å². The SMILES string of the molecule is CC(C)CC(N)COc1ncc(-c2ccnc3ccnn23)cc1Cl. The molecule has 2 N–H and O–H groups in total. The molecule has 1 atom stereocenters. The molecule has 0 aliphatic rings. The summed E-state index contributed by atoms with van der Waals surface area (Å²) in [6.07, 6.45) is 6.04. The third-order valence-electron chi connectivity index (χ3n) is 3.60. The molecule has 0 aromatic carbocycles. The van der Waals surface area contributed by atoms with E-state index in [1.165, 1.54) is 0 Å². The minimum absolute atomic E-state index is 0.0357. The normalized spacial score (nSPS) is 12.7. The molecule has 3 heterocycles. The average Bonchev–Trinajstić information content (AvgIpc) is 3.01. The Morgan fingerprint density at radius 3 is 2.83 bits per heavy atom. The van der Waals surface area contributed by atoms with E-state index in [0.717, 1.165) is 23.3 Å². The summed E-state index contributed by atoms with van der Waals surface area (Å²) >= 11 is 6.32. The van der Waals surface area contributed by atoms with Crippen LogP contribution < -0.4 is 10.5 Å². The van der Waals surface area contributed by atoms with Crippen molar-refractivity contribution in [3.63, 3.8) is 0 Å². The van der Waals surface area contributed by atoms with Gasteiger partial charge in [-0.3, -0.25) is 0 Å². The van der Waals surface area contributed by atoms with Crippen LogP contribution in [0.25, 0.3) is 16.9 Å². The van der Waals surface area contributed by atoms with Gasteiger partial charge in [0, 0.05) is 30.1 Å². The Morgan fingerprint density at radius 1 is 1.25 bits per heavy atom. The maximum Gasteiger partial charge on any atom is 0.232 e. The van der Waals surface area contributed by atoms with Crippen LogP contribution >= 0.6 is 11.6 Å². The lowest BCUT2D eigenvalue weighted by molar-refractivity contribution is 0.262. The molecular weight excluding hydrogens is 326 g/mol. The fourth-order valence-corrected chi connectivity index (χ4v) is 2.81. The second-order valence-electron chi connectivity index (χ2n) is 6.14. The van der Waals surface area contributed by atoms with Crippen LogP contribution in [0.1, 0.15) is 20.3 Å². The quantitative estimate of drug-likeness (QED) is 0.742. The van der Waals surface area contributed by atoms with Gasteiger partial charge in [0.25, 0.3) is 0 Å². The van der Waals surface area contributed by atoms with E-state index in [2.05, 4.69) is 28.9 Å². The molecule has 0 radical (unpaired) electrons. The highest BCUT2D eigenvalue weighted by Gasteiger charge is 2.12. The molecule has 7 heteroatoms. The Hall–Kier alpha value is -2.18. The number of ether oxygens (including phenoxy) is 1. The van der Waals surface area contributed by atoms with Gasteiger partial charge in [-0.2, -0.15) is 5.10 Å². The smallest absolute Gasteiger partial charge is 0.232 e. The van der Waals surface area contributed by atoms with E-state index in [4.69, 9.17) is 22.1 Å². The molecule has 3 rings (SSSR count). The number of hydrogen-bond donors (Lipinski definition) is 1. The zero-order valence-corrected chi connectivity index (χ0v) is 14.4. The van der Waals surface area contributed by atoms with Crippen LogP contribution in [0, 0.1) is 5.92 Å². The first kappa shape index (κ1) is 16.7. The molecule has 0 aliphatic carbocycles. The summed E-state index contributed by atoms with van der Waals surface area (Å²) in [7, 11) is 0. The molecule has 0 aliphatic heterocycles. The second kappa shape index (κ2) is 7.15. The molecule has 0 bridgehead atoms. The van der Waals surface area contributed by atoms with Crippen molar-refractivity contribution in [2.45, 2.75) is 26.3 Å². The van der Waals surface area contributed by atoms with Gasteiger partial charge in [0.15, 0.2) is 5.65 Å². The molecule has 0 fully saturated rings. The zero-order valence-electron chi connectivity index (χ0n) is 13.7. The van der Waals surface area contributed by atoms with Crippen LogP contribution in [0.2, 0.25) is 5.02 Å². The fourth-order valence-electron chi connectivity index (χ4n) is 2.58. The minimum Gasteiger partial charge on any atom is -0.475 e. The van der Waals surface area contributed by atoms with E-state index in [-0.39, 0.29) is 6.04 Å². The summed E-state index contributed by atoms with van der Waals surface area (Å²) in [5, 5.41) is 4.72. The van der Waals surface area contributed by atoms with Crippen LogP contribution in [0.3, 0.4) is 0 Å². The molecule has 0 saturated heterocycles. The lowest BCUT2D eigenvalue weighted by Gasteiger charge is -2.15. The average molecular weight is 346 g/mol. The summed E-state index contributed by atoms with van der Waals surface area (Å²) < 4.78 is 7.40. The standard InChI is InChI=1S/C17H20ClN5O/c1-11(2)7-13(19)10-24-17-14(18)8-12(9-21-17)15-3-5-20-16-4-6-22-23(15)16/h3-6,8-9,11,13H,7,10,19H2,1-2H3. The lowest BCUT2D eigenvalue weighted by atomic mass is 10.1. The monoisotopic (exact) mass is 345 g/mol. The first-order valence-corrected chi connectivity index (χ1v) is 8.25. The van der Waals surface area contributed by atoms with Crippen molar-refractivity contribution in [2.75, 3.05) is 6.61 Å². The first-order valence-electron chi connectivity index (χ1n) is 7.87. The Morgan fingerprint density at radius 2 is 2.08 bits per heavy atom. The maximum atomic E-state index is 6.32. The minimum atomic E-state index is -0.0357. The Bertz CT molecular complexity index is 833. The van der Waals surface area contributed by atoms with Crippen molar-refractivity contribution in [2.24, 2.45) is 11.7 Å². The van der Waals surface area contributed by atoms with E-state index >= 15 is 0 Å². The molecule has 24 heavy (non-hydrogen) atoms.